The molecule has 14 heavy (non-hydrogen) atoms. The van der Waals surface area contributed by atoms with E-state index in [9.17, 15) is 0 Å². The van der Waals surface area contributed by atoms with Gasteiger partial charge in [0.2, 0.25) is 0 Å². The Morgan fingerprint density at radius 2 is 2.50 bits per heavy atom. The van der Waals surface area contributed by atoms with Crippen LogP contribution < -0.4 is 5.32 Å². The van der Waals surface area contributed by atoms with Crippen molar-refractivity contribution in [2.24, 2.45) is 5.92 Å². The summed E-state index contributed by atoms with van der Waals surface area (Å²) in [6, 6.07) is 4.09. The average molecular weight is 192 g/mol. The molecule has 1 fully saturated rings. The number of ether oxygens (including phenoxy) is 1. The van der Waals surface area contributed by atoms with Crippen LogP contribution in [0, 0.1) is 12.8 Å². The third kappa shape index (κ3) is 2.45. The fourth-order valence-electron chi connectivity index (χ4n) is 1.57. The van der Waals surface area contributed by atoms with Crippen molar-refractivity contribution < 1.29 is 4.74 Å². The van der Waals surface area contributed by atoms with Crippen molar-refractivity contribution in [1.82, 2.24) is 4.98 Å². The van der Waals surface area contributed by atoms with Gasteiger partial charge in [0.15, 0.2) is 0 Å². The van der Waals surface area contributed by atoms with E-state index < -0.39 is 0 Å². The first-order valence-corrected chi connectivity index (χ1v) is 5.09. The van der Waals surface area contributed by atoms with Crippen LogP contribution in [0.1, 0.15) is 12.0 Å². The molecule has 2 rings (SSSR count). The highest BCUT2D eigenvalue weighted by atomic mass is 16.5. The van der Waals surface area contributed by atoms with Crippen LogP contribution in [0.3, 0.4) is 0 Å². The van der Waals surface area contributed by atoms with Crippen molar-refractivity contribution >= 4 is 5.82 Å². The monoisotopic (exact) mass is 192 g/mol. The van der Waals surface area contributed by atoms with Crippen LogP contribution in [0.5, 0.6) is 0 Å². The predicted octanol–water partition coefficient (Wildman–Crippen LogP) is 1.84. The molecular weight excluding hydrogens is 176 g/mol. The largest absolute Gasteiger partial charge is 0.381 e. The summed E-state index contributed by atoms with van der Waals surface area (Å²) in [7, 11) is 0. The van der Waals surface area contributed by atoms with Crippen molar-refractivity contribution in [2.45, 2.75) is 13.3 Å². The van der Waals surface area contributed by atoms with Crippen LogP contribution >= 0.6 is 0 Å². The Morgan fingerprint density at radius 1 is 1.57 bits per heavy atom. The molecule has 76 valence electrons. The van der Waals surface area contributed by atoms with Crippen LogP contribution in [0.4, 0.5) is 5.82 Å². The molecular formula is C11H16N2O. The molecule has 0 radical (unpaired) electrons. The highest BCUT2D eigenvalue weighted by Gasteiger charge is 2.14. The van der Waals surface area contributed by atoms with E-state index in [1.54, 1.807) is 0 Å². The van der Waals surface area contributed by atoms with Gasteiger partial charge >= 0.3 is 0 Å². The number of aryl methyl sites for hydroxylation is 1. The van der Waals surface area contributed by atoms with Crippen molar-refractivity contribution in [2.75, 3.05) is 25.1 Å². The van der Waals surface area contributed by atoms with Gasteiger partial charge in [0, 0.05) is 25.3 Å². The Labute approximate surface area is 84.5 Å². The quantitative estimate of drug-likeness (QED) is 0.793. The SMILES string of the molecule is Cc1ccc(NCC2CCOC2)nc1. The minimum atomic E-state index is 0.651. The molecule has 1 N–H and O–H groups in total. The molecule has 1 atom stereocenters. The van der Waals surface area contributed by atoms with Crippen molar-refractivity contribution in [1.29, 1.82) is 0 Å². The van der Waals surface area contributed by atoms with Gasteiger partial charge in [-0.05, 0) is 25.0 Å². The molecule has 0 amide bonds. The lowest BCUT2D eigenvalue weighted by Gasteiger charge is -2.09. The summed E-state index contributed by atoms with van der Waals surface area (Å²) >= 11 is 0. The van der Waals surface area contributed by atoms with E-state index in [2.05, 4.69) is 16.4 Å². The van der Waals surface area contributed by atoms with Gasteiger partial charge in [0.1, 0.15) is 5.82 Å². The third-order valence-corrected chi connectivity index (χ3v) is 2.51. The summed E-state index contributed by atoms with van der Waals surface area (Å²) in [5, 5.41) is 3.32. The summed E-state index contributed by atoms with van der Waals surface area (Å²) in [6.45, 7) is 4.81. The smallest absolute Gasteiger partial charge is 0.125 e. The Bertz CT molecular complexity index is 278. The lowest BCUT2D eigenvalue weighted by molar-refractivity contribution is 0.187. The molecule has 1 aliphatic heterocycles. The number of hydrogen-bond donors (Lipinski definition) is 1. The van der Waals surface area contributed by atoms with Gasteiger partial charge in [-0.2, -0.15) is 0 Å². The second kappa shape index (κ2) is 4.42. The van der Waals surface area contributed by atoms with E-state index in [4.69, 9.17) is 4.74 Å². The zero-order valence-corrected chi connectivity index (χ0v) is 8.49. The van der Waals surface area contributed by atoms with Crippen LogP contribution in [0.25, 0.3) is 0 Å². The van der Waals surface area contributed by atoms with Crippen molar-refractivity contribution in [3.05, 3.63) is 23.9 Å². The molecule has 1 aliphatic rings. The van der Waals surface area contributed by atoms with E-state index in [0.717, 1.165) is 25.6 Å². The highest BCUT2D eigenvalue weighted by molar-refractivity contribution is 5.35. The molecule has 1 unspecified atom stereocenters. The lowest BCUT2D eigenvalue weighted by atomic mass is 10.1. The van der Waals surface area contributed by atoms with E-state index >= 15 is 0 Å². The second-order valence-electron chi connectivity index (χ2n) is 3.83. The maximum absolute atomic E-state index is 5.30. The number of hydrogen-bond acceptors (Lipinski definition) is 3. The minimum absolute atomic E-state index is 0.651. The molecule has 1 aromatic heterocycles. The number of pyridine rings is 1. The number of rotatable bonds is 3. The summed E-state index contributed by atoms with van der Waals surface area (Å²) in [4.78, 5) is 4.29. The fourth-order valence-corrected chi connectivity index (χ4v) is 1.57. The first kappa shape index (κ1) is 9.46. The number of aromatic nitrogens is 1. The van der Waals surface area contributed by atoms with Gasteiger partial charge in [-0.15, -0.1) is 0 Å². The van der Waals surface area contributed by atoms with Crippen LogP contribution in [0.2, 0.25) is 0 Å². The van der Waals surface area contributed by atoms with E-state index in [1.807, 2.05) is 19.2 Å². The molecule has 1 saturated heterocycles. The summed E-state index contributed by atoms with van der Waals surface area (Å²) in [5.41, 5.74) is 1.19. The maximum Gasteiger partial charge on any atom is 0.125 e. The first-order chi connectivity index (χ1) is 6.84. The number of anilines is 1. The van der Waals surface area contributed by atoms with Gasteiger partial charge in [-0.3, -0.25) is 0 Å². The summed E-state index contributed by atoms with van der Waals surface area (Å²) < 4.78 is 5.30. The summed E-state index contributed by atoms with van der Waals surface area (Å²) in [5.74, 6) is 1.61. The minimum Gasteiger partial charge on any atom is -0.381 e. The fraction of sp³-hybridized carbons (Fsp3) is 0.545. The van der Waals surface area contributed by atoms with Crippen molar-refractivity contribution in [3.63, 3.8) is 0 Å². The molecule has 2 heterocycles. The topological polar surface area (TPSA) is 34.1 Å². The van der Waals surface area contributed by atoms with Gasteiger partial charge < -0.3 is 10.1 Å². The average Bonchev–Trinajstić information content (AvgIpc) is 2.70. The summed E-state index contributed by atoms with van der Waals surface area (Å²) in [6.07, 6.45) is 3.05. The standard InChI is InChI=1S/C11H16N2O/c1-9-2-3-11(12-6-9)13-7-10-4-5-14-8-10/h2-3,6,10H,4-5,7-8H2,1H3,(H,12,13). The zero-order chi connectivity index (χ0) is 9.80. The Hall–Kier alpha value is -1.09. The van der Waals surface area contributed by atoms with Gasteiger partial charge in [-0.1, -0.05) is 6.07 Å². The van der Waals surface area contributed by atoms with Gasteiger partial charge in [0.05, 0.1) is 6.61 Å². The third-order valence-electron chi connectivity index (χ3n) is 2.51. The molecule has 0 spiro atoms. The maximum atomic E-state index is 5.30. The molecule has 0 saturated carbocycles. The van der Waals surface area contributed by atoms with E-state index in [-0.39, 0.29) is 0 Å². The normalized spacial score (nSPS) is 21.1. The lowest BCUT2D eigenvalue weighted by Crippen LogP contribution is -2.14. The van der Waals surface area contributed by atoms with Crippen LogP contribution in [0.15, 0.2) is 18.3 Å². The van der Waals surface area contributed by atoms with Gasteiger partial charge in [0.25, 0.3) is 0 Å². The zero-order valence-electron chi connectivity index (χ0n) is 8.49. The molecule has 3 nitrogen and oxygen atoms in total. The Balaban J connectivity index is 1.82. The van der Waals surface area contributed by atoms with Gasteiger partial charge in [-0.25, -0.2) is 4.98 Å². The molecule has 0 aliphatic carbocycles. The number of nitrogens with one attached hydrogen (secondary N) is 1. The van der Waals surface area contributed by atoms with Crippen molar-refractivity contribution in [3.8, 4) is 0 Å². The molecule has 1 aromatic rings. The van der Waals surface area contributed by atoms with Crippen LogP contribution in [-0.4, -0.2) is 24.7 Å². The van der Waals surface area contributed by atoms with Crippen LogP contribution in [-0.2, 0) is 4.74 Å². The highest BCUT2D eigenvalue weighted by Crippen LogP contribution is 2.13. The molecule has 0 bridgehead atoms. The Kier molecular flexibility index (Phi) is 2.99. The van der Waals surface area contributed by atoms with E-state index in [0.29, 0.717) is 5.92 Å². The first-order valence-electron chi connectivity index (χ1n) is 5.09. The van der Waals surface area contributed by atoms with E-state index in [1.165, 1.54) is 12.0 Å². The predicted molar refractivity (Wildman–Crippen MR) is 56.4 cm³/mol. The Morgan fingerprint density at radius 3 is 3.14 bits per heavy atom. The number of nitrogens with zero attached hydrogens (tertiary/aromatic N) is 1. The second-order valence-corrected chi connectivity index (χ2v) is 3.83. The molecule has 0 aromatic carbocycles. The molecule has 3 heteroatoms.